The number of rotatable bonds is 7. The molecule has 1 aliphatic rings. The van der Waals surface area contributed by atoms with E-state index in [0.717, 1.165) is 29.9 Å². The maximum Gasteiger partial charge on any atom is 0.313 e. The Bertz CT molecular complexity index is 1240. The molecule has 4 rings (SSSR count). The van der Waals surface area contributed by atoms with E-state index in [-0.39, 0.29) is 24.0 Å². The van der Waals surface area contributed by atoms with E-state index in [1.165, 1.54) is 29.8 Å². The third-order valence-electron chi connectivity index (χ3n) is 6.07. The summed E-state index contributed by atoms with van der Waals surface area (Å²) < 4.78 is 0. The fourth-order valence-electron chi connectivity index (χ4n) is 4.24. The summed E-state index contributed by atoms with van der Waals surface area (Å²) >= 11 is 0. The average molecular weight is 474 g/mol. The first kappa shape index (κ1) is 23.7. The number of para-hydroxylation sites is 1. The third-order valence-corrected chi connectivity index (χ3v) is 6.07. The number of nitrogens with zero attached hydrogens (tertiary/aromatic N) is 3. The Hall–Kier alpha value is -4.40. The molecule has 1 heterocycles. The Morgan fingerprint density at radius 2 is 1.77 bits per heavy atom. The van der Waals surface area contributed by atoms with Gasteiger partial charge in [-0.3, -0.25) is 19.7 Å². The number of hydrogen-bond acceptors (Lipinski definition) is 6. The predicted molar refractivity (Wildman–Crippen MR) is 136 cm³/mol. The molecule has 1 unspecified atom stereocenters. The number of non-ortho nitro benzene ring substituents is 1. The van der Waals surface area contributed by atoms with E-state index in [1.54, 1.807) is 0 Å². The molecule has 9 nitrogen and oxygen atoms in total. The van der Waals surface area contributed by atoms with E-state index in [4.69, 9.17) is 0 Å². The highest BCUT2D eigenvalue weighted by atomic mass is 16.6. The molecular weight excluding hydrogens is 446 g/mol. The molecule has 0 radical (unpaired) electrons. The van der Waals surface area contributed by atoms with Crippen LogP contribution in [0.2, 0.25) is 0 Å². The van der Waals surface area contributed by atoms with Crippen molar-refractivity contribution in [1.29, 1.82) is 0 Å². The SMILES string of the molecule is CN(C)c1ccc(C(CNC(=O)C(=O)Nc2cccc([N+](=O)[O-])c2)N2CCc3ccccc32)cc1. The van der Waals surface area contributed by atoms with Crippen molar-refractivity contribution < 1.29 is 14.5 Å². The zero-order chi connectivity index (χ0) is 24.9. The molecule has 2 N–H and O–H groups in total. The Labute approximate surface area is 203 Å². The summed E-state index contributed by atoms with van der Waals surface area (Å²) in [5, 5.41) is 16.1. The normalized spacial score (nSPS) is 13.0. The summed E-state index contributed by atoms with van der Waals surface area (Å²) in [7, 11) is 3.95. The highest BCUT2D eigenvalue weighted by Gasteiger charge is 2.28. The highest BCUT2D eigenvalue weighted by Crippen LogP contribution is 2.35. The molecule has 35 heavy (non-hydrogen) atoms. The number of nitro groups is 1. The molecular formula is C26H27N5O4. The zero-order valence-electron chi connectivity index (χ0n) is 19.6. The van der Waals surface area contributed by atoms with Crippen LogP contribution in [-0.2, 0) is 16.0 Å². The van der Waals surface area contributed by atoms with Crippen molar-refractivity contribution in [2.45, 2.75) is 12.5 Å². The number of carbonyl (C=O) groups excluding carboxylic acids is 2. The fourth-order valence-corrected chi connectivity index (χ4v) is 4.24. The van der Waals surface area contributed by atoms with Crippen LogP contribution in [0.3, 0.4) is 0 Å². The van der Waals surface area contributed by atoms with Gasteiger partial charge in [-0.15, -0.1) is 0 Å². The summed E-state index contributed by atoms with van der Waals surface area (Å²) in [5.74, 6) is -1.69. The van der Waals surface area contributed by atoms with Crippen LogP contribution in [0.15, 0.2) is 72.8 Å². The average Bonchev–Trinajstić information content (AvgIpc) is 3.28. The summed E-state index contributed by atoms with van der Waals surface area (Å²) in [6, 6.07) is 21.6. The molecule has 1 aliphatic heterocycles. The molecule has 180 valence electrons. The van der Waals surface area contributed by atoms with Gasteiger partial charge in [0.2, 0.25) is 0 Å². The minimum atomic E-state index is -0.881. The first-order valence-corrected chi connectivity index (χ1v) is 11.3. The van der Waals surface area contributed by atoms with Gasteiger partial charge in [0.15, 0.2) is 0 Å². The van der Waals surface area contributed by atoms with Gasteiger partial charge in [-0.05, 0) is 41.8 Å². The molecule has 0 aromatic heterocycles. The van der Waals surface area contributed by atoms with Gasteiger partial charge in [0.25, 0.3) is 5.69 Å². The minimum absolute atomic E-state index is 0.169. The van der Waals surface area contributed by atoms with Crippen LogP contribution in [-0.4, -0.2) is 43.9 Å². The largest absolute Gasteiger partial charge is 0.378 e. The molecule has 2 amide bonds. The number of benzene rings is 3. The van der Waals surface area contributed by atoms with Crippen LogP contribution in [0.1, 0.15) is 17.2 Å². The number of carbonyl (C=O) groups is 2. The first-order chi connectivity index (χ1) is 16.8. The smallest absolute Gasteiger partial charge is 0.313 e. The second-order valence-electron chi connectivity index (χ2n) is 8.55. The van der Waals surface area contributed by atoms with Gasteiger partial charge in [0, 0.05) is 56.4 Å². The van der Waals surface area contributed by atoms with Crippen molar-refractivity contribution in [3.63, 3.8) is 0 Å². The topological polar surface area (TPSA) is 108 Å². The summed E-state index contributed by atoms with van der Waals surface area (Å²) in [4.78, 5) is 39.8. The molecule has 1 atom stereocenters. The molecule has 9 heteroatoms. The molecule has 0 saturated carbocycles. The van der Waals surface area contributed by atoms with Gasteiger partial charge in [-0.1, -0.05) is 36.4 Å². The van der Waals surface area contributed by atoms with Gasteiger partial charge in [0.05, 0.1) is 11.0 Å². The lowest BCUT2D eigenvalue weighted by atomic mass is 10.0. The van der Waals surface area contributed by atoms with Crippen molar-refractivity contribution in [1.82, 2.24) is 5.32 Å². The number of fused-ring (bicyclic) bond motifs is 1. The summed E-state index contributed by atoms with van der Waals surface area (Å²) in [6.45, 7) is 1.02. The second kappa shape index (κ2) is 10.3. The molecule has 0 fully saturated rings. The Morgan fingerprint density at radius 3 is 2.49 bits per heavy atom. The van der Waals surface area contributed by atoms with Gasteiger partial charge >= 0.3 is 11.8 Å². The zero-order valence-corrected chi connectivity index (χ0v) is 19.6. The summed E-state index contributed by atoms with van der Waals surface area (Å²) in [5.41, 5.74) is 4.46. The van der Waals surface area contributed by atoms with Crippen LogP contribution in [0, 0.1) is 10.1 Å². The fraction of sp³-hybridized carbons (Fsp3) is 0.231. The maximum atomic E-state index is 12.6. The number of anilines is 3. The second-order valence-corrected chi connectivity index (χ2v) is 8.55. The van der Waals surface area contributed by atoms with Gasteiger partial charge < -0.3 is 20.4 Å². The number of hydrogen-bond donors (Lipinski definition) is 2. The van der Waals surface area contributed by atoms with Crippen LogP contribution in [0.4, 0.5) is 22.7 Å². The third kappa shape index (κ3) is 5.40. The number of nitro benzene ring substituents is 1. The molecule has 3 aromatic rings. The lowest BCUT2D eigenvalue weighted by Gasteiger charge is -2.31. The van der Waals surface area contributed by atoms with E-state index < -0.39 is 16.7 Å². The quantitative estimate of drug-likeness (QED) is 0.309. The van der Waals surface area contributed by atoms with Crippen molar-refractivity contribution in [3.8, 4) is 0 Å². The highest BCUT2D eigenvalue weighted by molar-refractivity contribution is 6.39. The van der Waals surface area contributed by atoms with E-state index in [0.29, 0.717) is 0 Å². The lowest BCUT2D eigenvalue weighted by Crippen LogP contribution is -2.41. The van der Waals surface area contributed by atoms with E-state index in [9.17, 15) is 19.7 Å². The molecule has 0 bridgehead atoms. The Morgan fingerprint density at radius 1 is 1.03 bits per heavy atom. The van der Waals surface area contributed by atoms with E-state index >= 15 is 0 Å². The van der Waals surface area contributed by atoms with Crippen molar-refractivity contribution >= 4 is 34.6 Å². The van der Waals surface area contributed by atoms with Crippen LogP contribution in [0.5, 0.6) is 0 Å². The first-order valence-electron chi connectivity index (χ1n) is 11.3. The standard InChI is InChI=1S/C26H27N5O4/c1-29(2)21-12-10-19(11-13-21)24(30-15-14-18-6-3-4-9-23(18)30)17-27-25(32)26(33)28-20-7-5-8-22(16-20)31(34)35/h3-13,16,24H,14-15,17H2,1-2H3,(H,27,32)(H,28,33). The van der Waals surface area contributed by atoms with Gasteiger partial charge in [-0.2, -0.15) is 0 Å². The predicted octanol–water partition coefficient (Wildman–Crippen LogP) is 3.52. The Kier molecular flexibility index (Phi) is 6.96. The van der Waals surface area contributed by atoms with Crippen LogP contribution in [0.25, 0.3) is 0 Å². The summed E-state index contributed by atoms with van der Waals surface area (Å²) in [6.07, 6.45) is 0.906. The van der Waals surface area contributed by atoms with Crippen LogP contribution >= 0.6 is 0 Å². The molecule has 0 aliphatic carbocycles. The lowest BCUT2D eigenvalue weighted by molar-refractivity contribution is -0.384. The van der Waals surface area contributed by atoms with Crippen molar-refractivity contribution in [2.24, 2.45) is 0 Å². The molecule has 0 spiro atoms. The van der Waals surface area contributed by atoms with Crippen molar-refractivity contribution in [3.05, 3.63) is 94.0 Å². The van der Waals surface area contributed by atoms with Crippen molar-refractivity contribution in [2.75, 3.05) is 42.3 Å². The molecule has 0 saturated heterocycles. The Balaban J connectivity index is 1.50. The minimum Gasteiger partial charge on any atom is -0.378 e. The molecule has 3 aromatic carbocycles. The van der Waals surface area contributed by atoms with Gasteiger partial charge in [0.1, 0.15) is 0 Å². The van der Waals surface area contributed by atoms with Crippen LogP contribution < -0.4 is 20.4 Å². The van der Waals surface area contributed by atoms with Gasteiger partial charge in [-0.25, -0.2) is 0 Å². The van der Waals surface area contributed by atoms with E-state index in [2.05, 4.69) is 27.7 Å². The number of nitrogens with one attached hydrogen (secondary N) is 2. The maximum absolute atomic E-state index is 12.6. The monoisotopic (exact) mass is 473 g/mol. The van der Waals surface area contributed by atoms with E-state index in [1.807, 2.05) is 55.4 Å². The number of amides is 2.